The number of amides is 1. The standard InChI is InChI=1S/C24H23F3N4O3S/c1-35(33,34)19-5-2-4-16(12-19)14-28-21-13-22(29-15-20(21)24(25,26)27)30-17-7-9-18(10-8-17)31-11-3-6-23(31)32/h2,4-5,7-10,12-13,15H,3,6,11,14H2,1H3,(H2,28,29,30). The van der Waals surface area contributed by atoms with Gasteiger partial charge in [-0.3, -0.25) is 4.79 Å². The molecule has 7 nitrogen and oxygen atoms in total. The molecule has 2 N–H and O–H groups in total. The summed E-state index contributed by atoms with van der Waals surface area (Å²) >= 11 is 0. The third kappa shape index (κ3) is 5.91. The summed E-state index contributed by atoms with van der Waals surface area (Å²) in [6.45, 7) is 0.642. The second-order valence-electron chi connectivity index (χ2n) is 8.21. The topological polar surface area (TPSA) is 91.4 Å². The second kappa shape index (κ2) is 9.57. The van der Waals surface area contributed by atoms with Crippen LogP contribution in [0, 0.1) is 0 Å². The predicted molar refractivity (Wildman–Crippen MR) is 127 cm³/mol. The number of carbonyl (C=O) groups is 1. The Hall–Kier alpha value is -3.60. The monoisotopic (exact) mass is 504 g/mol. The van der Waals surface area contributed by atoms with Crippen molar-refractivity contribution in [1.29, 1.82) is 0 Å². The van der Waals surface area contributed by atoms with Crippen LogP contribution < -0.4 is 15.5 Å². The Bertz CT molecular complexity index is 1340. The average molecular weight is 505 g/mol. The van der Waals surface area contributed by atoms with E-state index in [1.807, 2.05) is 0 Å². The van der Waals surface area contributed by atoms with E-state index in [2.05, 4.69) is 15.6 Å². The van der Waals surface area contributed by atoms with Gasteiger partial charge in [0.05, 0.1) is 16.1 Å². The molecule has 1 aliphatic rings. The van der Waals surface area contributed by atoms with Crippen LogP contribution in [0.4, 0.5) is 36.1 Å². The number of pyridine rings is 1. The molecule has 1 aliphatic heterocycles. The van der Waals surface area contributed by atoms with Gasteiger partial charge in [-0.15, -0.1) is 0 Å². The highest BCUT2D eigenvalue weighted by molar-refractivity contribution is 7.90. The molecular formula is C24H23F3N4O3S. The van der Waals surface area contributed by atoms with E-state index in [0.717, 1.165) is 24.6 Å². The van der Waals surface area contributed by atoms with Crippen LogP contribution in [0.2, 0.25) is 0 Å². The smallest absolute Gasteiger partial charge is 0.380 e. The summed E-state index contributed by atoms with van der Waals surface area (Å²) in [4.78, 5) is 17.6. The molecular weight excluding hydrogens is 481 g/mol. The number of rotatable bonds is 7. The molecule has 184 valence electrons. The third-order valence-corrected chi connectivity index (χ3v) is 6.65. The van der Waals surface area contributed by atoms with Crippen LogP contribution in [0.1, 0.15) is 24.0 Å². The van der Waals surface area contributed by atoms with Crippen molar-refractivity contribution < 1.29 is 26.4 Å². The molecule has 0 saturated carbocycles. The largest absolute Gasteiger partial charge is 0.419 e. The van der Waals surface area contributed by atoms with Crippen molar-refractivity contribution in [3.05, 3.63) is 71.9 Å². The summed E-state index contributed by atoms with van der Waals surface area (Å²) in [6.07, 6.45) is -1.49. The minimum atomic E-state index is -4.63. The lowest BCUT2D eigenvalue weighted by molar-refractivity contribution is -0.137. The Balaban J connectivity index is 1.54. The number of nitrogens with zero attached hydrogens (tertiary/aromatic N) is 2. The van der Waals surface area contributed by atoms with Gasteiger partial charge in [-0.05, 0) is 48.4 Å². The number of aromatic nitrogens is 1. The number of hydrogen-bond donors (Lipinski definition) is 2. The highest BCUT2D eigenvalue weighted by Crippen LogP contribution is 2.36. The SMILES string of the molecule is CS(=O)(=O)c1cccc(CNc2cc(Nc3ccc(N4CCCC4=O)cc3)ncc2C(F)(F)F)c1. The first-order chi connectivity index (χ1) is 16.5. The number of sulfone groups is 1. The summed E-state index contributed by atoms with van der Waals surface area (Å²) < 4.78 is 64.2. The highest BCUT2D eigenvalue weighted by Gasteiger charge is 2.34. The van der Waals surface area contributed by atoms with Crippen LogP contribution >= 0.6 is 0 Å². The number of halogens is 3. The lowest BCUT2D eigenvalue weighted by Gasteiger charge is -2.17. The molecule has 0 aliphatic carbocycles. The highest BCUT2D eigenvalue weighted by atomic mass is 32.2. The van der Waals surface area contributed by atoms with Crippen molar-refractivity contribution in [2.75, 3.05) is 28.3 Å². The van der Waals surface area contributed by atoms with E-state index in [1.165, 1.54) is 24.3 Å². The summed E-state index contributed by atoms with van der Waals surface area (Å²) in [5.74, 6) is 0.253. The normalized spacial score (nSPS) is 14.3. The molecule has 0 unspecified atom stereocenters. The van der Waals surface area contributed by atoms with Crippen LogP contribution in [0.15, 0.2) is 65.7 Å². The van der Waals surface area contributed by atoms with Crippen LogP contribution in [0.25, 0.3) is 0 Å². The van der Waals surface area contributed by atoms with E-state index in [4.69, 9.17) is 0 Å². The molecule has 1 aromatic heterocycles. The average Bonchev–Trinajstić information content (AvgIpc) is 3.23. The molecule has 2 aromatic carbocycles. The van der Waals surface area contributed by atoms with Crippen molar-refractivity contribution in [2.24, 2.45) is 0 Å². The molecule has 3 aromatic rings. The third-order valence-electron chi connectivity index (χ3n) is 5.54. The van der Waals surface area contributed by atoms with E-state index in [-0.39, 0.29) is 28.9 Å². The second-order valence-corrected chi connectivity index (χ2v) is 10.2. The molecule has 0 spiro atoms. The van der Waals surface area contributed by atoms with Gasteiger partial charge in [0.2, 0.25) is 5.91 Å². The molecule has 1 fully saturated rings. The van der Waals surface area contributed by atoms with Crippen molar-refractivity contribution in [3.63, 3.8) is 0 Å². The van der Waals surface area contributed by atoms with Gasteiger partial charge in [-0.2, -0.15) is 13.2 Å². The quantitative estimate of drug-likeness (QED) is 0.471. The zero-order valence-corrected chi connectivity index (χ0v) is 19.6. The molecule has 1 amide bonds. The molecule has 2 heterocycles. The zero-order valence-electron chi connectivity index (χ0n) is 18.8. The Labute approximate surface area is 200 Å². The fourth-order valence-electron chi connectivity index (χ4n) is 3.77. The molecule has 0 atom stereocenters. The minimum absolute atomic E-state index is 0.0194. The van der Waals surface area contributed by atoms with Gasteiger partial charge >= 0.3 is 6.18 Å². The molecule has 0 radical (unpaired) electrons. The van der Waals surface area contributed by atoms with Gasteiger partial charge in [0.15, 0.2) is 9.84 Å². The molecule has 1 saturated heterocycles. The summed E-state index contributed by atoms with van der Waals surface area (Å²) in [5, 5.41) is 5.73. The van der Waals surface area contributed by atoms with Crippen LogP contribution in [-0.4, -0.2) is 32.1 Å². The number of nitrogens with one attached hydrogen (secondary N) is 2. The Kier molecular flexibility index (Phi) is 6.70. The number of hydrogen-bond acceptors (Lipinski definition) is 6. The van der Waals surface area contributed by atoms with E-state index in [9.17, 15) is 26.4 Å². The Morgan fingerprint density at radius 1 is 1.09 bits per heavy atom. The number of benzene rings is 2. The van der Waals surface area contributed by atoms with Crippen molar-refractivity contribution in [1.82, 2.24) is 4.98 Å². The van der Waals surface area contributed by atoms with Crippen molar-refractivity contribution >= 4 is 38.6 Å². The predicted octanol–water partition coefficient (Wildman–Crippen LogP) is 4.99. The first kappa shape index (κ1) is 24.5. The maximum absolute atomic E-state index is 13.6. The fraction of sp³-hybridized carbons (Fsp3) is 0.250. The first-order valence-electron chi connectivity index (χ1n) is 10.8. The maximum Gasteiger partial charge on any atom is 0.419 e. The summed E-state index contributed by atoms with van der Waals surface area (Å²) in [7, 11) is -3.44. The lowest BCUT2D eigenvalue weighted by Crippen LogP contribution is -2.23. The van der Waals surface area contributed by atoms with E-state index < -0.39 is 21.6 Å². The fourth-order valence-corrected chi connectivity index (χ4v) is 4.46. The summed E-state index contributed by atoms with van der Waals surface area (Å²) in [5.41, 5.74) is 0.736. The van der Waals surface area contributed by atoms with Crippen molar-refractivity contribution in [2.45, 2.75) is 30.5 Å². The van der Waals surface area contributed by atoms with Crippen LogP contribution in [0.3, 0.4) is 0 Å². The first-order valence-corrected chi connectivity index (χ1v) is 12.7. The van der Waals surface area contributed by atoms with Crippen LogP contribution in [-0.2, 0) is 27.4 Å². The van der Waals surface area contributed by atoms with Gasteiger partial charge in [0.25, 0.3) is 0 Å². The number of anilines is 4. The minimum Gasteiger partial charge on any atom is -0.380 e. The van der Waals surface area contributed by atoms with Gasteiger partial charge in [0, 0.05) is 49.4 Å². The van der Waals surface area contributed by atoms with Gasteiger partial charge in [-0.25, -0.2) is 13.4 Å². The molecule has 4 rings (SSSR count). The molecule has 0 bridgehead atoms. The van der Waals surface area contributed by atoms with Gasteiger partial charge in [-0.1, -0.05) is 12.1 Å². The molecule has 35 heavy (non-hydrogen) atoms. The summed E-state index contributed by atoms with van der Waals surface area (Å²) in [6, 6.07) is 14.3. The molecule has 11 heteroatoms. The zero-order chi connectivity index (χ0) is 25.2. The van der Waals surface area contributed by atoms with Gasteiger partial charge in [0.1, 0.15) is 5.82 Å². The lowest BCUT2D eigenvalue weighted by atomic mass is 10.2. The number of alkyl halides is 3. The Morgan fingerprint density at radius 2 is 1.83 bits per heavy atom. The van der Waals surface area contributed by atoms with E-state index in [0.29, 0.717) is 24.2 Å². The van der Waals surface area contributed by atoms with E-state index >= 15 is 0 Å². The van der Waals surface area contributed by atoms with Gasteiger partial charge < -0.3 is 15.5 Å². The van der Waals surface area contributed by atoms with Crippen molar-refractivity contribution in [3.8, 4) is 0 Å². The van der Waals surface area contributed by atoms with E-state index in [1.54, 1.807) is 35.2 Å². The number of carbonyl (C=O) groups excluding carboxylic acids is 1. The van der Waals surface area contributed by atoms with Crippen LogP contribution in [0.5, 0.6) is 0 Å². The Morgan fingerprint density at radius 3 is 2.46 bits per heavy atom. The maximum atomic E-state index is 13.6.